The van der Waals surface area contributed by atoms with E-state index in [9.17, 15) is 9.90 Å². The van der Waals surface area contributed by atoms with Gasteiger partial charge < -0.3 is 34.9 Å². The molecule has 2 atom stereocenters. The topological polar surface area (TPSA) is 144 Å². The van der Waals surface area contributed by atoms with Gasteiger partial charge in [-0.05, 0) is 51.1 Å². The molecule has 0 amide bonds. The SMILES string of the molecule is CC(C)(C)Nc1nc(Nc2cc(OCC3CCCO3)ncn2)cc2ccn(CC(O)CO)c(=O)c12. The Bertz CT molecular complexity index is 1220. The Morgan fingerprint density at radius 3 is 2.83 bits per heavy atom. The molecule has 4 heterocycles. The van der Waals surface area contributed by atoms with Crippen LogP contribution in [-0.4, -0.2) is 67.3 Å². The van der Waals surface area contributed by atoms with Crippen molar-refractivity contribution in [3.05, 3.63) is 41.1 Å². The number of rotatable bonds is 9. The zero-order chi connectivity index (χ0) is 25.0. The van der Waals surface area contributed by atoms with Crippen LogP contribution >= 0.6 is 0 Å². The van der Waals surface area contributed by atoms with Gasteiger partial charge in [0, 0.05) is 24.4 Å². The molecule has 1 aliphatic heterocycles. The van der Waals surface area contributed by atoms with Crippen molar-refractivity contribution in [2.24, 2.45) is 0 Å². The second-order valence-electron chi connectivity index (χ2n) is 9.62. The first-order chi connectivity index (χ1) is 16.7. The number of aliphatic hydroxyl groups excluding tert-OH is 2. The summed E-state index contributed by atoms with van der Waals surface area (Å²) in [6.45, 7) is 6.66. The third-order valence-electron chi connectivity index (χ3n) is 5.41. The predicted molar refractivity (Wildman–Crippen MR) is 132 cm³/mol. The Labute approximate surface area is 203 Å². The quantitative estimate of drug-likeness (QED) is 0.356. The van der Waals surface area contributed by atoms with E-state index in [1.807, 2.05) is 20.8 Å². The lowest BCUT2D eigenvalue weighted by Gasteiger charge is -2.23. The number of fused-ring (bicyclic) bond motifs is 1. The Balaban J connectivity index is 1.63. The second-order valence-corrected chi connectivity index (χ2v) is 9.62. The highest BCUT2D eigenvalue weighted by Crippen LogP contribution is 2.26. The number of anilines is 3. The highest BCUT2D eigenvalue weighted by Gasteiger charge is 2.19. The predicted octanol–water partition coefficient (Wildman–Crippen LogP) is 2.05. The van der Waals surface area contributed by atoms with Crippen molar-refractivity contribution in [1.82, 2.24) is 19.5 Å². The molecule has 2 unspecified atom stereocenters. The zero-order valence-corrected chi connectivity index (χ0v) is 20.2. The fraction of sp³-hybridized carbons (Fsp3) is 0.500. The van der Waals surface area contributed by atoms with Crippen molar-refractivity contribution in [2.45, 2.75) is 57.9 Å². The Kier molecular flexibility index (Phi) is 7.48. The zero-order valence-electron chi connectivity index (χ0n) is 20.2. The van der Waals surface area contributed by atoms with E-state index < -0.39 is 12.7 Å². The number of aliphatic hydroxyl groups is 2. The van der Waals surface area contributed by atoms with Crippen LogP contribution in [0, 0.1) is 0 Å². The van der Waals surface area contributed by atoms with E-state index >= 15 is 0 Å². The van der Waals surface area contributed by atoms with E-state index in [2.05, 4.69) is 25.6 Å². The van der Waals surface area contributed by atoms with Gasteiger partial charge in [0.15, 0.2) is 0 Å². The van der Waals surface area contributed by atoms with Crippen LogP contribution in [0.4, 0.5) is 17.5 Å². The summed E-state index contributed by atoms with van der Waals surface area (Å²) >= 11 is 0. The van der Waals surface area contributed by atoms with E-state index in [0.29, 0.717) is 40.7 Å². The molecule has 1 fully saturated rings. The molecule has 188 valence electrons. The van der Waals surface area contributed by atoms with E-state index in [-0.39, 0.29) is 23.7 Å². The van der Waals surface area contributed by atoms with Crippen LogP contribution in [0.15, 0.2) is 35.5 Å². The molecule has 0 saturated carbocycles. The van der Waals surface area contributed by atoms with Gasteiger partial charge in [0.2, 0.25) is 5.88 Å². The highest BCUT2D eigenvalue weighted by molar-refractivity contribution is 5.93. The maximum Gasteiger partial charge on any atom is 0.262 e. The van der Waals surface area contributed by atoms with Crippen LogP contribution in [0.2, 0.25) is 0 Å². The third-order valence-corrected chi connectivity index (χ3v) is 5.41. The molecule has 4 rings (SSSR count). The van der Waals surface area contributed by atoms with E-state index in [4.69, 9.17) is 14.6 Å². The van der Waals surface area contributed by atoms with Gasteiger partial charge in [-0.25, -0.2) is 15.0 Å². The first-order valence-electron chi connectivity index (χ1n) is 11.7. The molecule has 3 aromatic rings. The Morgan fingerprint density at radius 2 is 2.11 bits per heavy atom. The minimum absolute atomic E-state index is 0.0180. The van der Waals surface area contributed by atoms with Crippen LogP contribution < -0.4 is 20.9 Å². The van der Waals surface area contributed by atoms with Gasteiger partial charge in [0.05, 0.1) is 30.7 Å². The first kappa shape index (κ1) is 24.8. The van der Waals surface area contributed by atoms with Gasteiger partial charge in [-0.1, -0.05) is 0 Å². The lowest BCUT2D eigenvalue weighted by atomic mass is 10.1. The minimum atomic E-state index is -1.03. The molecule has 4 N–H and O–H groups in total. The summed E-state index contributed by atoms with van der Waals surface area (Å²) in [6.07, 6.45) is 4.06. The summed E-state index contributed by atoms with van der Waals surface area (Å²) in [4.78, 5) is 26.3. The molecule has 11 heteroatoms. The van der Waals surface area contributed by atoms with Crippen LogP contribution in [-0.2, 0) is 11.3 Å². The fourth-order valence-electron chi connectivity index (χ4n) is 3.81. The Hall–Kier alpha value is -3.28. The molecular formula is C24H32N6O5. The summed E-state index contributed by atoms with van der Waals surface area (Å²) in [7, 11) is 0. The third kappa shape index (κ3) is 6.44. The fourth-order valence-corrected chi connectivity index (χ4v) is 3.81. The number of hydrogen-bond donors (Lipinski definition) is 4. The summed E-state index contributed by atoms with van der Waals surface area (Å²) in [5, 5.41) is 26.5. The maximum atomic E-state index is 13.2. The summed E-state index contributed by atoms with van der Waals surface area (Å²) < 4.78 is 12.7. The summed E-state index contributed by atoms with van der Waals surface area (Å²) in [5.41, 5.74) is -0.679. The summed E-state index contributed by atoms with van der Waals surface area (Å²) in [5.74, 6) is 1.81. The van der Waals surface area contributed by atoms with Crippen molar-refractivity contribution in [3.63, 3.8) is 0 Å². The largest absolute Gasteiger partial charge is 0.475 e. The second kappa shape index (κ2) is 10.5. The molecule has 1 saturated heterocycles. The first-order valence-corrected chi connectivity index (χ1v) is 11.7. The van der Waals surface area contributed by atoms with E-state index in [0.717, 1.165) is 19.4 Å². The molecule has 0 bridgehead atoms. The number of pyridine rings is 2. The van der Waals surface area contributed by atoms with Crippen LogP contribution in [0.25, 0.3) is 10.8 Å². The molecule has 0 aromatic carbocycles. The van der Waals surface area contributed by atoms with Crippen molar-refractivity contribution in [2.75, 3.05) is 30.5 Å². The van der Waals surface area contributed by atoms with Crippen molar-refractivity contribution in [3.8, 4) is 5.88 Å². The van der Waals surface area contributed by atoms with Gasteiger partial charge in [-0.3, -0.25) is 4.79 Å². The van der Waals surface area contributed by atoms with Gasteiger partial charge >= 0.3 is 0 Å². The highest BCUT2D eigenvalue weighted by atomic mass is 16.5. The minimum Gasteiger partial charge on any atom is -0.475 e. The lowest BCUT2D eigenvalue weighted by molar-refractivity contribution is 0.0663. The molecular weight excluding hydrogens is 452 g/mol. The van der Waals surface area contributed by atoms with Gasteiger partial charge in [0.1, 0.15) is 30.4 Å². The van der Waals surface area contributed by atoms with Crippen LogP contribution in [0.5, 0.6) is 5.88 Å². The lowest BCUT2D eigenvalue weighted by Crippen LogP contribution is -2.31. The number of aromatic nitrogens is 4. The molecule has 0 spiro atoms. The average molecular weight is 485 g/mol. The number of nitrogens with one attached hydrogen (secondary N) is 2. The molecule has 35 heavy (non-hydrogen) atoms. The van der Waals surface area contributed by atoms with E-state index in [1.54, 1.807) is 24.4 Å². The van der Waals surface area contributed by atoms with Crippen LogP contribution in [0.3, 0.4) is 0 Å². The van der Waals surface area contributed by atoms with Crippen molar-refractivity contribution in [1.29, 1.82) is 0 Å². The Morgan fingerprint density at radius 1 is 1.29 bits per heavy atom. The molecule has 11 nitrogen and oxygen atoms in total. The monoisotopic (exact) mass is 484 g/mol. The number of ether oxygens (including phenoxy) is 2. The van der Waals surface area contributed by atoms with Crippen molar-refractivity contribution >= 4 is 28.2 Å². The molecule has 3 aromatic heterocycles. The van der Waals surface area contributed by atoms with Gasteiger partial charge in [-0.15, -0.1) is 0 Å². The van der Waals surface area contributed by atoms with Crippen molar-refractivity contribution < 1.29 is 19.7 Å². The maximum absolute atomic E-state index is 13.2. The molecule has 0 aliphatic carbocycles. The molecule has 1 aliphatic rings. The van der Waals surface area contributed by atoms with Gasteiger partial charge in [0.25, 0.3) is 5.56 Å². The van der Waals surface area contributed by atoms with E-state index in [1.165, 1.54) is 10.9 Å². The number of nitrogens with zero attached hydrogens (tertiary/aromatic N) is 4. The standard InChI is InChI=1S/C24H32N6O5/c1-24(2,3)29-22-21-15(6-7-30(23(21)33)11-16(32)12-31)9-19(28-22)27-18-10-20(26-14-25-18)35-13-17-5-4-8-34-17/h6-7,9-10,14,16-17,31-32H,4-5,8,11-13H2,1-3H3,(H2,25,26,27,28,29). The average Bonchev–Trinajstić information content (AvgIpc) is 3.32. The van der Waals surface area contributed by atoms with Gasteiger partial charge in [-0.2, -0.15) is 0 Å². The normalized spacial score (nSPS) is 16.9. The molecule has 0 radical (unpaired) electrons. The summed E-state index contributed by atoms with van der Waals surface area (Å²) in [6, 6.07) is 5.22. The number of hydrogen-bond acceptors (Lipinski definition) is 10. The van der Waals surface area contributed by atoms with Crippen LogP contribution in [0.1, 0.15) is 33.6 Å². The smallest absolute Gasteiger partial charge is 0.262 e.